The number of nitriles is 1. The van der Waals surface area contributed by atoms with E-state index >= 15 is 0 Å². The minimum Gasteiger partial charge on any atom is -0.495 e. The minimum absolute atomic E-state index is 0.198. The number of anilines is 1. The van der Waals surface area contributed by atoms with Gasteiger partial charge in [0.2, 0.25) is 0 Å². The van der Waals surface area contributed by atoms with E-state index in [1.165, 1.54) is 20.1 Å². The molecule has 0 aliphatic rings. The number of carbonyl (C=O) groups is 2. The van der Waals surface area contributed by atoms with Gasteiger partial charge in [-0.05, 0) is 25.5 Å². The second kappa shape index (κ2) is 6.61. The van der Waals surface area contributed by atoms with Crippen LogP contribution in [0.25, 0.3) is 0 Å². The highest BCUT2D eigenvalue weighted by molar-refractivity contribution is 5.96. The van der Waals surface area contributed by atoms with Crippen molar-refractivity contribution in [3.63, 3.8) is 0 Å². The van der Waals surface area contributed by atoms with Crippen molar-refractivity contribution >= 4 is 17.7 Å². The molecule has 1 aromatic rings. The van der Waals surface area contributed by atoms with E-state index in [2.05, 4.69) is 10.6 Å². The number of aliphatic carboxylic acids is 1. The number of benzene rings is 1. The van der Waals surface area contributed by atoms with Gasteiger partial charge in [0, 0.05) is 0 Å². The molecule has 0 fully saturated rings. The van der Waals surface area contributed by atoms with E-state index in [0.717, 1.165) is 0 Å². The summed E-state index contributed by atoms with van der Waals surface area (Å²) in [5.74, 6) is -0.821. The summed E-state index contributed by atoms with van der Waals surface area (Å²) in [6.07, 6.45) is 0.215. The molecule has 112 valence electrons. The second-order valence-corrected chi connectivity index (χ2v) is 4.56. The topological polar surface area (TPSA) is 111 Å². The maximum Gasteiger partial charge on any atom is 0.329 e. The number of nitrogens with zero attached hydrogens (tertiary/aromatic N) is 1. The van der Waals surface area contributed by atoms with Gasteiger partial charge in [-0.3, -0.25) is 0 Å². The van der Waals surface area contributed by atoms with E-state index < -0.39 is 17.5 Å². The summed E-state index contributed by atoms with van der Waals surface area (Å²) >= 11 is 0. The number of carboxylic acids is 1. The van der Waals surface area contributed by atoms with Gasteiger partial charge in [-0.1, -0.05) is 13.0 Å². The molecule has 7 heteroatoms. The zero-order valence-corrected chi connectivity index (χ0v) is 12.1. The lowest BCUT2D eigenvalue weighted by atomic mass is 10.00. The molecule has 1 unspecified atom stereocenters. The molecule has 0 heterocycles. The molecule has 0 radical (unpaired) electrons. The number of nitrogens with one attached hydrogen (secondary N) is 2. The van der Waals surface area contributed by atoms with Gasteiger partial charge in [-0.2, -0.15) is 5.26 Å². The summed E-state index contributed by atoms with van der Waals surface area (Å²) in [7, 11) is 1.41. The fraction of sp³-hybridized carbons (Fsp3) is 0.357. The monoisotopic (exact) mass is 291 g/mol. The first-order chi connectivity index (χ1) is 9.87. The van der Waals surface area contributed by atoms with Crippen molar-refractivity contribution in [2.24, 2.45) is 0 Å². The molecule has 0 spiro atoms. The number of methoxy groups -OCH3 is 1. The highest BCUT2D eigenvalue weighted by atomic mass is 16.5. The highest BCUT2D eigenvalue weighted by Crippen LogP contribution is 2.27. The fourth-order valence-electron chi connectivity index (χ4n) is 1.61. The lowest BCUT2D eigenvalue weighted by Crippen LogP contribution is -2.53. The van der Waals surface area contributed by atoms with Crippen LogP contribution in [0.4, 0.5) is 10.5 Å². The maximum absolute atomic E-state index is 12.0. The van der Waals surface area contributed by atoms with Crippen molar-refractivity contribution in [1.29, 1.82) is 5.26 Å². The van der Waals surface area contributed by atoms with Crippen molar-refractivity contribution in [2.75, 3.05) is 12.4 Å². The predicted molar refractivity (Wildman–Crippen MR) is 76.2 cm³/mol. The number of hydrogen-bond donors (Lipinski definition) is 3. The Morgan fingerprint density at radius 2 is 2.14 bits per heavy atom. The summed E-state index contributed by atoms with van der Waals surface area (Å²) in [6, 6.07) is 5.95. The van der Waals surface area contributed by atoms with Gasteiger partial charge in [-0.15, -0.1) is 0 Å². The largest absolute Gasteiger partial charge is 0.495 e. The zero-order valence-electron chi connectivity index (χ0n) is 12.1. The fourth-order valence-corrected chi connectivity index (χ4v) is 1.61. The number of urea groups is 1. The Labute approximate surface area is 122 Å². The molecule has 0 bridgehead atoms. The van der Waals surface area contributed by atoms with E-state index in [1.807, 2.05) is 6.07 Å². The highest BCUT2D eigenvalue weighted by Gasteiger charge is 2.33. The van der Waals surface area contributed by atoms with Crippen LogP contribution in [-0.2, 0) is 4.79 Å². The van der Waals surface area contributed by atoms with Crippen LogP contribution in [0.15, 0.2) is 18.2 Å². The molecule has 2 amide bonds. The third-order valence-electron chi connectivity index (χ3n) is 3.17. The summed E-state index contributed by atoms with van der Waals surface area (Å²) in [6.45, 7) is 3.06. The van der Waals surface area contributed by atoms with E-state index in [1.54, 1.807) is 19.1 Å². The Balaban J connectivity index is 3.00. The normalized spacial score (nSPS) is 12.7. The molecule has 0 aliphatic carbocycles. The number of rotatable bonds is 5. The van der Waals surface area contributed by atoms with Crippen molar-refractivity contribution < 1.29 is 19.4 Å². The van der Waals surface area contributed by atoms with Crippen LogP contribution >= 0.6 is 0 Å². The van der Waals surface area contributed by atoms with Crippen molar-refractivity contribution in [3.8, 4) is 11.8 Å². The Kier molecular flexibility index (Phi) is 5.13. The van der Waals surface area contributed by atoms with Gasteiger partial charge in [0.15, 0.2) is 0 Å². The third kappa shape index (κ3) is 3.63. The summed E-state index contributed by atoms with van der Waals surface area (Å²) in [5.41, 5.74) is -0.972. The number of carbonyl (C=O) groups excluding carboxylic acids is 1. The molecule has 7 nitrogen and oxygen atoms in total. The van der Waals surface area contributed by atoms with Crippen LogP contribution in [0, 0.1) is 11.3 Å². The van der Waals surface area contributed by atoms with Crippen LogP contribution in [0.2, 0.25) is 0 Å². The third-order valence-corrected chi connectivity index (χ3v) is 3.17. The summed E-state index contributed by atoms with van der Waals surface area (Å²) in [4.78, 5) is 23.1. The number of ether oxygens (including phenoxy) is 1. The predicted octanol–water partition coefficient (Wildman–Crippen LogP) is 1.94. The molecule has 0 aliphatic heterocycles. The SMILES string of the molecule is CCC(C)(NC(=O)Nc1c(C#N)cccc1OC)C(=O)O. The molecule has 0 aromatic heterocycles. The lowest BCUT2D eigenvalue weighted by molar-refractivity contribution is -0.143. The number of hydrogen-bond acceptors (Lipinski definition) is 4. The zero-order chi connectivity index (χ0) is 16.0. The van der Waals surface area contributed by atoms with Crippen molar-refractivity contribution in [1.82, 2.24) is 5.32 Å². The van der Waals surface area contributed by atoms with Crippen molar-refractivity contribution in [2.45, 2.75) is 25.8 Å². The van der Waals surface area contributed by atoms with E-state index in [-0.39, 0.29) is 17.7 Å². The minimum atomic E-state index is -1.39. The number of amides is 2. The van der Waals surface area contributed by atoms with E-state index in [4.69, 9.17) is 15.1 Å². The van der Waals surface area contributed by atoms with Crippen LogP contribution in [0.5, 0.6) is 5.75 Å². The number of para-hydroxylation sites is 1. The van der Waals surface area contributed by atoms with Gasteiger partial charge in [-0.25, -0.2) is 9.59 Å². The Bertz CT molecular complexity index is 594. The standard InChI is InChI=1S/C14H17N3O4/c1-4-14(2,12(18)19)17-13(20)16-11-9(8-15)6-5-7-10(11)21-3/h5-7H,4H2,1-3H3,(H,18,19)(H2,16,17,20). The first-order valence-corrected chi connectivity index (χ1v) is 6.27. The maximum atomic E-state index is 12.0. The van der Waals surface area contributed by atoms with Crippen LogP contribution in [-0.4, -0.2) is 29.8 Å². The second-order valence-electron chi connectivity index (χ2n) is 4.56. The number of carboxylic acid groups (broad SMARTS) is 1. The van der Waals surface area contributed by atoms with Gasteiger partial charge >= 0.3 is 12.0 Å². The van der Waals surface area contributed by atoms with Crippen molar-refractivity contribution in [3.05, 3.63) is 23.8 Å². The molecule has 0 saturated carbocycles. The van der Waals surface area contributed by atoms with Gasteiger partial charge < -0.3 is 20.5 Å². The lowest BCUT2D eigenvalue weighted by Gasteiger charge is -2.25. The van der Waals surface area contributed by atoms with Gasteiger partial charge in [0.1, 0.15) is 23.0 Å². The average molecular weight is 291 g/mol. The molecular formula is C14H17N3O4. The molecule has 1 atom stereocenters. The quantitative estimate of drug-likeness (QED) is 0.767. The van der Waals surface area contributed by atoms with Gasteiger partial charge in [0.25, 0.3) is 0 Å². The molecular weight excluding hydrogens is 274 g/mol. The van der Waals surface area contributed by atoms with Crippen LogP contribution in [0.3, 0.4) is 0 Å². The first kappa shape index (κ1) is 16.3. The molecule has 21 heavy (non-hydrogen) atoms. The molecule has 1 aromatic carbocycles. The van der Waals surface area contributed by atoms with E-state index in [9.17, 15) is 9.59 Å². The summed E-state index contributed by atoms with van der Waals surface area (Å²) in [5, 5.41) is 23.0. The van der Waals surface area contributed by atoms with Gasteiger partial charge in [0.05, 0.1) is 12.7 Å². The van der Waals surface area contributed by atoms with E-state index in [0.29, 0.717) is 5.75 Å². The Morgan fingerprint density at radius 3 is 2.62 bits per heavy atom. The van der Waals surface area contributed by atoms with Crippen LogP contribution < -0.4 is 15.4 Å². The van der Waals surface area contributed by atoms with Crippen LogP contribution in [0.1, 0.15) is 25.8 Å². The Hall–Kier alpha value is -2.75. The molecule has 1 rings (SSSR count). The smallest absolute Gasteiger partial charge is 0.329 e. The average Bonchev–Trinajstić information content (AvgIpc) is 2.46. The first-order valence-electron chi connectivity index (χ1n) is 6.27. The molecule has 3 N–H and O–H groups in total. The Morgan fingerprint density at radius 1 is 1.48 bits per heavy atom. The summed E-state index contributed by atoms with van der Waals surface area (Å²) < 4.78 is 5.08. The molecule has 0 saturated heterocycles.